The number of hydrogen-bond donors (Lipinski definition) is 0. The van der Waals surface area contributed by atoms with Gasteiger partial charge in [0.15, 0.2) is 0 Å². The molecule has 0 aliphatic heterocycles. The molecule has 3 heteroatoms. The van der Waals surface area contributed by atoms with Crippen LogP contribution in [-0.4, -0.2) is 17.4 Å². The molecule has 3 nitrogen and oxygen atoms in total. The number of hydrogen-bond acceptors (Lipinski definition) is 3. The van der Waals surface area contributed by atoms with E-state index in [1.54, 1.807) is 0 Å². The molecule has 0 N–H and O–H groups in total. The number of ether oxygens (including phenoxy) is 2. The van der Waals surface area contributed by atoms with Crippen LogP contribution in [0.3, 0.4) is 0 Å². The summed E-state index contributed by atoms with van der Waals surface area (Å²) in [4.78, 5) is 14.2. The first kappa shape index (κ1) is 47.3. The predicted octanol–water partition coefficient (Wildman–Crippen LogP) is 16.8. The van der Waals surface area contributed by atoms with Crippen LogP contribution >= 0.6 is 0 Å². The van der Waals surface area contributed by atoms with Gasteiger partial charge in [-0.2, -0.15) is 0 Å². The lowest BCUT2D eigenvalue weighted by atomic mass is 9.84. The third-order valence-corrected chi connectivity index (χ3v) is 11.0. The van der Waals surface area contributed by atoms with E-state index in [1.807, 2.05) is 0 Å². The second-order valence-electron chi connectivity index (χ2n) is 15.8. The molecule has 0 heterocycles. The molecule has 0 aliphatic carbocycles. The molecule has 0 spiro atoms. The van der Waals surface area contributed by atoms with Crippen molar-refractivity contribution in [2.75, 3.05) is 0 Å². The van der Waals surface area contributed by atoms with Crippen molar-refractivity contribution in [3.8, 4) is 0 Å². The van der Waals surface area contributed by atoms with Crippen molar-refractivity contribution in [1.82, 2.24) is 0 Å². The Morgan fingerprint density at radius 1 is 0.292 bits per heavy atom. The number of unbranched alkanes of at least 4 members (excludes halogenated alkanes) is 24. The first-order chi connectivity index (χ1) is 23.5. The average molecular weight is 679 g/mol. The van der Waals surface area contributed by atoms with Crippen LogP contribution in [0.1, 0.15) is 273 Å². The fourth-order valence-electron chi connectivity index (χ4n) is 7.73. The number of carbonyl (C=O) groups excluding carboxylic acids is 1. The minimum absolute atomic E-state index is 0.335. The summed E-state index contributed by atoms with van der Waals surface area (Å²) in [6, 6.07) is 0. The number of rotatable bonds is 38. The molecule has 0 atom stereocenters. The zero-order valence-corrected chi connectivity index (χ0v) is 34.2. The van der Waals surface area contributed by atoms with Crippen molar-refractivity contribution in [3.63, 3.8) is 0 Å². The monoisotopic (exact) mass is 679 g/mol. The molecule has 0 amide bonds. The third kappa shape index (κ3) is 27.1. The topological polar surface area (TPSA) is 35.5 Å². The molecule has 0 radical (unpaired) electrons. The minimum atomic E-state index is -0.364. The molecule has 0 aromatic heterocycles. The molecule has 0 saturated carbocycles. The highest BCUT2D eigenvalue weighted by Crippen LogP contribution is 2.37. The van der Waals surface area contributed by atoms with Crippen molar-refractivity contribution in [1.29, 1.82) is 0 Å². The molecular weight excluding hydrogens is 588 g/mol. The van der Waals surface area contributed by atoms with Gasteiger partial charge in [-0.1, -0.05) is 196 Å². The van der Waals surface area contributed by atoms with Gasteiger partial charge < -0.3 is 9.47 Å². The second kappa shape index (κ2) is 34.7. The largest absolute Gasteiger partial charge is 0.509 e. The standard InChI is InChI=1S/C45H90O3/c1-7-13-19-25-27-29-35-41-44(37-31-21-15-9-3,38-32-22-16-10-4)47-43(46)48-45(39-33-23-17-11-5,40-34-24-18-12-6)42-36-30-28-26-20-14-8-2/h7-42H2,1-6H3. The predicted molar refractivity (Wildman–Crippen MR) is 213 cm³/mol. The van der Waals surface area contributed by atoms with E-state index < -0.39 is 0 Å². The fourth-order valence-corrected chi connectivity index (χ4v) is 7.73. The fraction of sp³-hybridized carbons (Fsp3) is 0.978. The van der Waals surface area contributed by atoms with Crippen LogP contribution in [0, 0.1) is 0 Å². The third-order valence-electron chi connectivity index (χ3n) is 11.0. The first-order valence-electron chi connectivity index (χ1n) is 22.4. The molecule has 288 valence electrons. The van der Waals surface area contributed by atoms with Crippen LogP contribution in [0.4, 0.5) is 4.79 Å². The highest BCUT2D eigenvalue weighted by Gasteiger charge is 2.38. The van der Waals surface area contributed by atoms with Gasteiger partial charge >= 0.3 is 6.16 Å². The lowest BCUT2D eigenvalue weighted by molar-refractivity contribution is -0.101. The van der Waals surface area contributed by atoms with Gasteiger partial charge in [-0.3, -0.25) is 0 Å². The molecule has 0 aromatic carbocycles. The summed E-state index contributed by atoms with van der Waals surface area (Å²) in [5.41, 5.74) is -0.727. The number of carbonyl (C=O) groups is 1. The zero-order chi connectivity index (χ0) is 35.4. The van der Waals surface area contributed by atoms with Gasteiger partial charge in [0.1, 0.15) is 11.2 Å². The van der Waals surface area contributed by atoms with Gasteiger partial charge in [0.2, 0.25) is 0 Å². The van der Waals surface area contributed by atoms with E-state index in [4.69, 9.17) is 9.47 Å². The Kier molecular flexibility index (Phi) is 34.2. The van der Waals surface area contributed by atoms with Crippen molar-refractivity contribution in [2.45, 2.75) is 284 Å². The summed E-state index contributed by atoms with van der Waals surface area (Å²) in [5.74, 6) is 0. The summed E-state index contributed by atoms with van der Waals surface area (Å²) in [5, 5.41) is 0. The smallest absolute Gasteiger partial charge is 0.428 e. The van der Waals surface area contributed by atoms with E-state index in [0.717, 1.165) is 77.0 Å². The Labute approximate surface area is 303 Å². The summed E-state index contributed by atoms with van der Waals surface area (Å²) in [6.45, 7) is 13.7. The van der Waals surface area contributed by atoms with Gasteiger partial charge in [-0.05, 0) is 77.0 Å². The van der Waals surface area contributed by atoms with Crippen LogP contribution in [0.5, 0.6) is 0 Å². The highest BCUT2D eigenvalue weighted by atomic mass is 16.7. The van der Waals surface area contributed by atoms with Crippen molar-refractivity contribution in [2.24, 2.45) is 0 Å². The summed E-state index contributed by atoms with van der Waals surface area (Å²) in [6.07, 6.45) is 43.4. The molecule has 0 aliphatic rings. The van der Waals surface area contributed by atoms with Crippen molar-refractivity contribution < 1.29 is 14.3 Å². The van der Waals surface area contributed by atoms with Crippen LogP contribution in [0.25, 0.3) is 0 Å². The highest BCUT2D eigenvalue weighted by molar-refractivity contribution is 5.61. The quantitative estimate of drug-likeness (QED) is 0.0481. The van der Waals surface area contributed by atoms with Crippen LogP contribution in [-0.2, 0) is 9.47 Å². The van der Waals surface area contributed by atoms with Gasteiger partial charge in [0, 0.05) is 0 Å². The van der Waals surface area contributed by atoms with E-state index in [2.05, 4.69) is 41.5 Å². The SMILES string of the molecule is CCCCCCCCCC(CCCCCC)(CCCCCC)OC(=O)OC(CCCCCC)(CCCCCC)CCCCCCCCC. The van der Waals surface area contributed by atoms with E-state index >= 15 is 0 Å². The lowest BCUT2D eigenvalue weighted by Gasteiger charge is -2.38. The van der Waals surface area contributed by atoms with E-state index in [1.165, 1.54) is 154 Å². The summed E-state index contributed by atoms with van der Waals surface area (Å²) in [7, 11) is 0. The minimum Gasteiger partial charge on any atom is -0.428 e. The molecule has 0 bridgehead atoms. The first-order valence-corrected chi connectivity index (χ1v) is 22.4. The molecule has 0 fully saturated rings. The Morgan fingerprint density at radius 2 is 0.458 bits per heavy atom. The lowest BCUT2D eigenvalue weighted by Crippen LogP contribution is -2.41. The second-order valence-corrected chi connectivity index (χ2v) is 15.8. The molecular formula is C45H90O3. The van der Waals surface area contributed by atoms with Gasteiger partial charge in [0.05, 0.1) is 0 Å². The maximum Gasteiger partial charge on any atom is 0.509 e. The average Bonchev–Trinajstić information content (AvgIpc) is 3.08. The normalized spacial score (nSPS) is 12.1. The zero-order valence-electron chi connectivity index (χ0n) is 34.2. The Balaban J connectivity index is 5.98. The van der Waals surface area contributed by atoms with Crippen molar-refractivity contribution in [3.05, 3.63) is 0 Å². The van der Waals surface area contributed by atoms with E-state index in [0.29, 0.717) is 0 Å². The summed E-state index contributed by atoms with van der Waals surface area (Å²) >= 11 is 0. The van der Waals surface area contributed by atoms with E-state index in [-0.39, 0.29) is 17.4 Å². The van der Waals surface area contributed by atoms with Gasteiger partial charge in [-0.15, -0.1) is 0 Å². The molecule has 48 heavy (non-hydrogen) atoms. The van der Waals surface area contributed by atoms with Crippen LogP contribution in [0.15, 0.2) is 0 Å². The summed E-state index contributed by atoms with van der Waals surface area (Å²) < 4.78 is 13.5. The van der Waals surface area contributed by atoms with Gasteiger partial charge in [-0.25, -0.2) is 4.79 Å². The maximum atomic E-state index is 14.2. The Hall–Kier alpha value is -0.730. The van der Waals surface area contributed by atoms with Crippen LogP contribution < -0.4 is 0 Å². The van der Waals surface area contributed by atoms with Gasteiger partial charge in [0.25, 0.3) is 0 Å². The molecule has 0 unspecified atom stereocenters. The van der Waals surface area contributed by atoms with Crippen molar-refractivity contribution >= 4 is 6.16 Å². The van der Waals surface area contributed by atoms with Crippen LogP contribution in [0.2, 0.25) is 0 Å². The molecule has 0 aromatic rings. The molecule has 0 rings (SSSR count). The van der Waals surface area contributed by atoms with E-state index in [9.17, 15) is 4.79 Å². The Morgan fingerprint density at radius 3 is 0.667 bits per heavy atom. The Bertz CT molecular complexity index is 581. The molecule has 0 saturated heterocycles. The maximum absolute atomic E-state index is 14.2.